The summed E-state index contributed by atoms with van der Waals surface area (Å²) in [5, 5.41) is 0. The molecule has 2 rings (SSSR count). The average Bonchev–Trinajstić information content (AvgIpc) is 2.27. The quantitative estimate of drug-likeness (QED) is 0.836. The van der Waals surface area contributed by atoms with Crippen LogP contribution in [-0.4, -0.2) is 14.5 Å². The molecule has 1 saturated carbocycles. The third-order valence-electron chi connectivity index (χ3n) is 3.71. The van der Waals surface area contributed by atoms with Gasteiger partial charge in [-0.15, -0.1) is 0 Å². The molecule has 19 heavy (non-hydrogen) atoms. The molecule has 0 spiro atoms. The van der Waals surface area contributed by atoms with E-state index in [1.54, 1.807) is 18.2 Å². The number of nitrogen functional groups attached to an aromatic ring is 1. The van der Waals surface area contributed by atoms with Crippen LogP contribution >= 0.6 is 0 Å². The van der Waals surface area contributed by atoms with Crippen LogP contribution in [0.5, 0.6) is 0 Å². The molecule has 106 valence electrons. The van der Waals surface area contributed by atoms with Gasteiger partial charge in [0.25, 0.3) is 0 Å². The van der Waals surface area contributed by atoms with Crippen LogP contribution in [0.4, 0.5) is 5.69 Å². The third kappa shape index (κ3) is 3.48. The summed E-state index contributed by atoms with van der Waals surface area (Å²) in [4.78, 5) is 0.191. The number of anilines is 1. The van der Waals surface area contributed by atoms with Gasteiger partial charge in [-0.3, -0.25) is 0 Å². The second kappa shape index (κ2) is 5.51. The van der Waals surface area contributed by atoms with Gasteiger partial charge >= 0.3 is 0 Å². The highest BCUT2D eigenvalue weighted by molar-refractivity contribution is 7.89. The van der Waals surface area contributed by atoms with Crippen LogP contribution in [0.25, 0.3) is 0 Å². The van der Waals surface area contributed by atoms with E-state index >= 15 is 0 Å². The van der Waals surface area contributed by atoms with Crippen molar-refractivity contribution in [2.45, 2.75) is 50.5 Å². The standard InChI is InChI=1S/C14H22N2O2S/c1-10-4-3-5-12(8-10)16-19(17,18)14-7-6-11(2)9-13(14)15/h6-7,9-10,12,16H,3-5,8,15H2,1-2H3. The van der Waals surface area contributed by atoms with Crippen LogP contribution in [0.15, 0.2) is 23.1 Å². The first kappa shape index (κ1) is 14.3. The second-order valence-electron chi connectivity index (χ2n) is 5.63. The third-order valence-corrected chi connectivity index (χ3v) is 5.31. The molecule has 0 heterocycles. The van der Waals surface area contributed by atoms with E-state index in [2.05, 4.69) is 11.6 Å². The fraction of sp³-hybridized carbons (Fsp3) is 0.571. The second-order valence-corrected chi connectivity index (χ2v) is 7.31. The van der Waals surface area contributed by atoms with Crippen molar-refractivity contribution in [2.75, 3.05) is 5.73 Å². The summed E-state index contributed by atoms with van der Waals surface area (Å²) in [5.41, 5.74) is 7.10. The van der Waals surface area contributed by atoms with Crippen LogP contribution in [0, 0.1) is 12.8 Å². The summed E-state index contributed by atoms with van der Waals surface area (Å²) < 4.78 is 27.5. The number of sulfonamides is 1. The summed E-state index contributed by atoms with van der Waals surface area (Å²) in [6.45, 7) is 4.06. The Hall–Kier alpha value is -1.07. The zero-order valence-corrected chi connectivity index (χ0v) is 12.3. The molecule has 0 saturated heterocycles. The van der Waals surface area contributed by atoms with Gasteiger partial charge in [0, 0.05) is 6.04 Å². The SMILES string of the molecule is Cc1ccc(S(=O)(=O)NC2CCCC(C)C2)c(N)c1. The van der Waals surface area contributed by atoms with E-state index in [4.69, 9.17) is 5.73 Å². The summed E-state index contributed by atoms with van der Waals surface area (Å²) in [7, 11) is -3.51. The van der Waals surface area contributed by atoms with E-state index in [-0.39, 0.29) is 10.9 Å². The Morgan fingerprint density at radius 2 is 2.05 bits per heavy atom. The fourth-order valence-electron chi connectivity index (χ4n) is 2.74. The Balaban J connectivity index is 2.18. The van der Waals surface area contributed by atoms with E-state index in [0.717, 1.165) is 24.8 Å². The molecule has 0 amide bonds. The van der Waals surface area contributed by atoms with Crippen molar-refractivity contribution in [3.63, 3.8) is 0 Å². The molecule has 1 aromatic rings. The minimum absolute atomic E-state index is 0.0365. The number of nitrogens with two attached hydrogens (primary N) is 1. The zero-order valence-electron chi connectivity index (χ0n) is 11.5. The molecule has 0 aromatic heterocycles. The lowest BCUT2D eigenvalue weighted by Gasteiger charge is -2.27. The molecular formula is C14H22N2O2S. The molecule has 1 aliphatic carbocycles. The van der Waals surface area contributed by atoms with Crippen LogP contribution < -0.4 is 10.5 Å². The summed E-state index contributed by atoms with van der Waals surface area (Å²) in [6, 6.07) is 5.08. The monoisotopic (exact) mass is 282 g/mol. The van der Waals surface area contributed by atoms with Gasteiger partial charge in [0.05, 0.1) is 5.69 Å². The van der Waals surface area contributed by atoms with Crippen molar-refractivity contribution >= 4 is 15.7 Å². The highest BCUT2D eigenvalue weighted by Gasteiger charge is 2.25. The molecule has 0 bridgehead atoms. The first-order valence-electron chi connectivity index (χ1n) is 6.77. The molecule has 0 radical (unpaired) electrons. The molecule has 0 aliphatic heterocycles. The lowest BCUT2D eigenvalue weighted by atomic mass is 9.88. The number of hydrogen-bond acceptors (Lipinski definition) is 3. The Labute approximate surface area is 115 Å². The van der Waals surface area contributed by atoms with E-state index in [0.29, 0.717) is 11.6 Å². The molecule has 2 unspecified atom stereocenters. The maximum Gasteiger partial charge on any atom is 0.242 e. The number of rotatable bonds is 3. The summed E-state index contributed by atoms with van der Waals surface area (Å²) >= 11 is 0. The minimum atomic E-state index is -3.51. The van der Waals surface area contributed by atoms with E-state index in [9.17, 15) is 8.42 Å². The van der Waals surface area contributed by atoms with E-state index in [1.807, 2.05) is 6.92 Å². The fourth-order valence-corrected chi connectivity index (χ4v) is 4.13. The highest BCUT2D eigenvalue weighted by Crippen LogP contribution is 2.26. The lowest BCUT2D eigenvalue weighted by molar-refractivity contribution is 0.327. The van der Waals surface area contributed by atoms with Crippen LogP contribution in [0.3, 0.4) is 0 Å². The minimum Gasteiger partial charge on any atom is -0.398 e. The Morgan fingerprint density at radius 1 is 1.32 bits per heavy atom. The van der Waals surface area contributed by atoms with Gasteiger partial charge in [-0.2, -0.15) is 0 Å². The van der Waals surface area contributed by atoms with Gasteiger partial charge in [0.15, 0.2) is 0 Å². The zero-order chi connectivity index (χ0) is 14.0. The first-order chi connectivity index (χ1) is 8.88. The van der Waals surface area contributed by atoms with Crippen molar-refractivity contribution < 1.29 is 8.42 Å². The van der Waals surface area contributed by atoms with E-state index < -0.39 is 10.0 Å². The summed E-state index contributed by atoms with van der Waals surface area (Å²) in [6.07, 6.45) is 4.09. The summed E-state index contributed by atoms with van der Waals surface area (Å²) in [5.74, 6) is 0.580. The van der Waals surface area contributed by atoms with Gasteiger partial charge in [-0.25, -0.2) is 13.1 Å². The van der Waals surface area contributed by atoms with Crippen molar-refractivity contribution in [3.05, 3.63) is 23.8 Å². The Morgan fingerprint density at radius 3 is 2.68 bits per heavy atom. The van der Waals surface area contributed by atoms with Gasteiger partial charge in [0.2, 0.25) is 10.0 Å². The van der Waals surface area contributed by atoms with Gasteiger partial charge in [-0.1, -0.05) is 25.8 Å². The molecule has 5 heteroatoms. The molecule has 1 aromatic carbocycles. The van der Waals surface area contributed by atoms with Crippen molar-refractivity contribution in [1.29, 1.82) is 0 Å². The molecule has 2 atom stereocenters. The number of nitrogens with one attached hydrogen (secondary N) is 1. The van der Waals surface area contributed by atoms with Gasteiger partial charge < -0.3 is 5.73 Å². The predicted octanol–water partition coefficient (Wildman–Crippen LogP) is 2.43. The average molecular weight is 282 g/mol. The molecule has 3 N–H and O–H groups in total. The molecule has 1 fully saturated rings. The highest BCUT2D eigenvalue weighted by atomic mass is 32.2. The Bertz CT molecular complexity index is 555. The van der Waals surface area contributed by atoms with Crippen LogP contribution in [0.2, 0.25) is 0 Å². The maximum atomic E-state index is 12.3. The van der Waals surface area contributed by atoms with Crippen molar-refractivity contribution in [1.82, 2.24) is 4.72 Å². The van der Waals surface area contributed by atoms with Crippen LogP contribution in [0.1, 0.15) is 38.2 Å². The normalized spacial score (nSPS) is 24.3. The van der Waals surface area contributed by atoms with E-state index in [1.165, 1.54) is 6.42 Å². The van der Waals surface area contributed by atoms with Crippen molar-refractivity contribution in [2.24, 2.45) is 5.92 Å². The van der Waals surface area contributed by atoms with Gasteiger partial charge in [-0.05, 0) is 43.4 Å². The number of benzene rings is 1. The Kier molecular flexibility index (Phi) is 4.16. The first-order valence-corrected chi connectivity index (χ1v) is 8.25. The largest absolute Gasteiger partial charge is 0.398 e. The number of aryl methyl sites for hydroxylation is 1. The lowest BCUT2D eigenvalue weighted by Crippen LogP contribution is -2.38. The maximum absolute atomic E-state index is 12.3. The topological polar surface area (TPSA) is 72.2 Å². The molecular weight excluding hydrogens is 260 g/mol. The van der Waals surface area contributed by atoms with Gasteiger partial charge in [0.1, 0.15) is 4.90 Å². The smallest absolute Gasteiger partial charge is 0.242 e. The molecule has 1 aliphatic rings. The molecule has 4 nitrogen and oxygen atoms in total. The van der Waals surface area contributed by atoms with Crippen molar-refractivity contribution in [3.8, 4) is 0 Å². The number of hydrogen-bond donors (Lipinski definition) is 2. The van der Waals surface area contributed by atoms with Crippen LogP contribution in [-0.2, 0) is 10.0 Å². The predicted molar refractivity (Wildman–Crippen MR) is 77.3 cm³/mol.